The second-order valence-corrected chi connectivity index (χ2v) is 8.77. The average Bonchev–Trinajstić information content (AvgIpc) is 3.39. The topological polar surface area (TPSA) is 105 Å². The van der Waals surface area contributed by atoms with E-state index in [9.17, 15) is 4.79 Å². The van der Waals surface area contributed by atoms with Crippen LogP contribution >= 0.6 is 0 Å². The van der Waals surface area contributed by atoms with Crippen LogP contribution in [0.15, 0.2) is 53.7 Å². The number of likely N-dealkylation sites (tertiary alicyclic amines) is 1. The highest BCUT2D eigenvalue weighted by Gasteiger charge is 2.16. The zero-order valence-electron chi connectivity index (χ0n) is 20.6. The predicted molar refractivity (Wildman–Crippen MR) is 140 cm³/mol. The lowest BCUT2D eigenvalue weighted by Gasteiger charge is -2.17. The number of H-pyrrole nitrogens is 1. The number of aromatic nitrogens is 4. The van der Waals surface area contributed by atoms with Crippen LogP contribution in [0, 0.1) is 6.92 Å². The second-order valence-electron chi connectivity index (χ2n) is 8.77. The number of anilines is 2. The largest absolute Gasteiger partial charge is 0.492 e. The zero-order chi connectivity index (χ0) is 24.9. The average molecular weight is 487 g/mol. The van der Waals surface area contributed by atoms with Gasteiger partial charge >= 0.3 is 0 Å². The van der Waals surface area contributed by atoms with E-state index in [4.69, 9.17) is 14.5 Å². The Kier molecular flexibility index (Phi) is 7.08. The minimum atomic E-state index is -0.225. The van der Waals surface area contributed by atoms with E-state index in [1.165, 1.54) is 12.8 Å². The maximum atomic E-state index is 12.7. The number of rotatable bonds is 9. The molecule has 4 aromatic rings. The van der Waals surface area contributed by atoms with Crippen molar-refractivity contribution < 1.29 is 9.47 Å². The molecule has 9 heteroatoms. The highest BCUT2D eigenvalue weighted by atomic mass is 16.5. The Morgan fingerprint density at radius 2 is 1.92 bits per heavy atom. The van der Waals surface area contributed by atoms with Crippen LogP contribution in [-0.2, 0) is 0 Å². The lowest BCUT2D eigenvalue weighted by Crippen LogP contribution is -2.25. The Hall–Kier alpha value is -3.98. The molecule has 1 aliphatic heterocycles. The molecule has 1 aliphatic rings. The minimum Gasteiger partial charge on any atom is -0.492 e. The number of pyridine rings is 2. The summed E-state index contributed by atoms with van der Waals surface area (Å²) < 4.78 is 11.7. The van der Waals surface area contributed by atoms with Crippen molar-refractivity contribution in [2.45, 2.75) is 26.7 Å². The van der Waals surface area contributed by atoms with Crippen molar-refractivity contribution >= 4 is 22.3 Å². The molecule has 1 fully saturated rings. The summed E-state index contributed by atoms with van der Waals surface area (Å²) in [7, 11) is 0. The van der Waals surface area contributed by atoms with Crippen LogP contribution in [0.4, 0.5) is 11.5 Å². The molecule has 4 heterocycles. The van der Waals surface area contributed by atoms with E-state index in [1.807, 2.05) is 44.2 Å². The Morgan fingerprint density at radius 1 is 1.08 bits per heavy atom. The smallest absolute Gasteiger partial charge is 0.259 e. The molecule has 0 atom stereocenters. The third kappa shape index (κ3) is 5.16. The second kappa shape index (κ2) is 10.7. The number of benzene rings is 1. The van der Waals surface area contributed by atoms with E-state index < -0.39 is 0 Å². The maximum Gasteiger partial charge on any atom is 0.259 e. The molecule has 36 heavy (non-hydrogen) atoms. The van der Waals surface area contributed by atoms with E-state index in [1.54, 1.807) is 18.6 Å². The van der Waals surface area contributed by atoms with Crippen molar-refractivity contribution in [3.63, 3.8) is 0 Å². The first-order chi connectivity index (χ1) is 17.6. The molecule has 5 rings (SSSR count). The van der Waals surface area contributed by atoms with Gasteiger partial charge in [-0.2, -0.15) is 0 Å². The van der Waals surface area contributed by atoms with E-state index >= 15 is 0 Å². The molecule has 1 saturated heterocycles. The highest BCUT2D eigenvalue weighted by Crippen LogP contribution is 2.31. The number of nitrogens with one attached hydrogen (secondary N) is 2. The molecule has 0 aliphatic carbocycles. The number of fused-ring (bicyclic) bond motifs is 1. The lowest BCUT2D eigenvalue weighted by atomic mass is 10.1. The highest BCUT2D eigenvalue weighted by molar-refractivity contribution is 5.95. The molecule has 0 spiro atoms. The van der Waals surface area contributed by atoms with Crippen LogP contribution in [0.3, 0.4) is 0 Å². The van der Waals surface area contributed by atoms with E-state index in [0.717, 1.165) is 42.0 Å². The van der Waals surface area contributed by atoms with Gasteiger partial charge in [0.1, 0.15) is 18.2 Å². The van der Waals surface area contributed by atoms with Crippen LogP contribution in [0.5, 0.6) is 11.6 Å². The van der Waals surface area contributed by atoms with Gasteiger partial charge in [0, 0.05) is 30.8 Å². The molecule has 0 radical (unpaired) electrons. The van der Waals surface area contributed by atoms with Gasteiger partial charge in [0.25, 0.3) is 5.56 Å². The third-order valence-electron chi connectivity index (χ3n) is 6.24. The minimum absolute atomic E-state index is 0.225. The normalized spacial score (nSPS) is 13.7. The van der Waals surface area contributed by atoms with Crippen molar-refractivity contribution in [3.8, 4) is 23.0 Å². The quantitative estimate of drug-likeness (QED) is 0.361. The number of ether oxygens (including phenoxy) is 2. The first-order valence-corrected chi connectivity index (χ1v) is 12.3. The van der Waals surface area contributed by atoms with Gasteiger partial charge in [-0.15, -0.1) is 0 Å². The number of hydrogen-bond acceptors (Lipinski definition) is 8. The molecule has 0 amide bonds. The fourth-order valence-electron chi connectivity index (χ4n) is 4.49. The number of aromatic amines is 1. The monoisotopic (exact) mass is 486 g/mol. The lowest BCUT2D eigenvalue weighted by molar-refractivity contribution is 0.237. The summed E-state index contributed by atoms with van der Waals surface area (Å²) in [6, 6.07) is 9.55. The van der Waals surface area contributed by atoms with Crippen LogP contribution in [0.25, 0.3) is 22.2 Å². The molecule has 0 saturated carbocycles. The first kappa shape index (κ1) is 23.7. The Morgan fingerprint density at radius 3 is 2.72 bits per heavy atom. The maximum absolute atomic E-state index is 12.7. The van der Waals surface area contributed by atoms with Crippen molar-refractivity contribution in [1.29, 1.82) is 0 Å². The SMILES string of the molecule is CCOc1nccnc1-c1cc2cc[nH]c(=O)c2c(Nc2ccc(OCCN3CCCC3)c(C)c2)n1. The van der Waals surface area contributed by atoms with Crippen LogP contribution < -0.4 is 20.3 Å². The van der Waals surface area contributed by atoms with Crippen LogP contribution in [0.2, 0.25) is 0 Å². The summed E-state index contributed by atoms with van der Waals surface area (Å²) in [5.41, 5.74) is 2.66. The van der Waals surface area contributed by atoms with E-state index in [2.05, 4.69) is 25.2 Å². The van der Waals surface area contributed by atoms with E-state index in [-0.39, 0.29) is 5.56 Å². The summed E-state index contributed by atoms with van der Waals surface area (Å²) in [5.74, 6) is 1.68. The van der Waals surface area contributed by atoms with Gasteiger partial charge in [-0.25, -0.2) is 15.0 Å². The van der Waals surface area contributed by atoms with Gasteiger partial charge in [-0.1, -0.05) is 0 Å². The van der Waals surface area contributed by atoms with Gasteiger partial charge in [-0.05, 0) is 81.1 Å². The molecule has 0 unspecified atom stereocenters. The summed E-state index contributed by atoms with van der Waals surface area (Å²) >= 11 is 0. The molecule has 2 N–H and O–H groups in total. The number of nitrogens with zero attached hydrogens (tertiary/aromatic N) is 4. The van der Waals surface area contributed by atoms with Gasteiger partial charge in [0.05, 0.1) is 17.7 Å². The number of hydrogen-bond donors (Lipinski definition) is 2. The zero-order valence-corrected chi connectivity index (χ0v) is 20.6. The Bertz CT molecular complexity index is 1410. The summed E-state index contributed by atoms with van der Waals surface area (Å²) in [6.07, 6.45) is 7.35. The van der Waals surface area contributed by atoms with Gasteiger partial charge in [-0.3, -0.25) is 9.69 Å². The van der Waals surface area contributed by atoms with Crippen molar-refractivity contribution in [3.05, 3.63) is 64.8 Å². The molecular formula is C27H30N6O3. The van der Waals surface area contributed by atoms with Crippen LogP contribution in [0.1, 0.15) is 25.3 Å². The molecule has 1 aromatic carbocycles. The van der Waals surface area contributed by atoms with Gasteiger partial charge in [0.2, 0.25) is 5.88 Å². The summed E-state index contributed by atoms with van der Waals surface area (Å²) in [6.45, 7) is 8.28. The molecule has 3 aromatic heterocycles. The van der Waals surface area contributed by atoms with Crippen molar-refractivity contribution in [1.82, 2.24) is 24.8 Å². The fourth-order valence-corrected chi connectivity index (χ4v) is 4.49. The van der Waals surface area contributed by atoms with E-state index in [0.29, 0.717) is 41.7 Å². The molecule has 186 valence electrons. The fraction of sp³-hybridized carbons (Fsp3) is 0.333. The standard InChI is InChI=1S/C27H30N6O3/c1-3-35-27-24(28-10-11-30-27)21-17-19-8-9-29-26(34)23(19)25(32-21)31-20-6-7-22(18(2)16-20)36-15-14-33-12-4-5-13-33/h6-11,16-17H,3-5,12-15H2,1-2H3,(H,29,34)(H,31,32). The molecular weight excluding hydrogens is 456 g/mol. The van der Waals surface area contributed by atoms with Gasteiger partial charge in [0.15, 0.2) is 5.69 Å². The Balaban J connectivity index is 1.44. The summed E-state index contributed by atoms with van der Waals surface area (Å²) in [4.78, 5) is 31.4. The van der Waals surface area contributed by atoms with Gasteiger partial charge < -0.3 is 19.8 Å². The molecule has 9 nitrogen and oxygen atoms in total. The third-order valence-corrected chi connectivity index (χ3v) is 6.24. The predicted octanol–water partition coefficient (Wildman–Crippen LogP) is 4.31. The molecule has 0 bridgehead atoms. The van der Waals surface area contributed by atoms with Crippen molar-refractivity contribution in [2.24, 2.45) is 0 Å². The number of aryl methyl sites for hydroxylation is 1. The summed E-state index contributed by atoms with van der Waals surface area (Å²) in [5, 5.41) is 4.53. The first-order valence-electron chi connectivity index (χ1n) is 12.3. The van der Waals surface area contributed by atoms with Crippen LogP contribution in [-0.4, -0.2) is 57.7 Å². The Labute approximate surface area is 209 Å². The van der Waals surface area contributed by atoms with Crippen molar-refractivity contribution in [2.75, 3.05) is 38.2 Å².